The Hall–Kier alpha value is -1.89. The maximum absolute atomic E-state index is 12.1. The highest BCUT2D eigenvalue weighted by atomic mass is 79.9. The SMILES string of the molecule is C[C@H]1CCCN(C(=O)C(=O)O[C@@H](C)C(=O)Nc2ccc(Br)cc2)C1. The summed E-state index contributed by atoms with van der Waals surface area (Å²) in [5.41, 5.74) is 0.585. The summed E-state index contributed by atoms with van der Waals surface area (Å²) in [4.78, 5) is 37.6. The van der Waals surface area contributed by atoms with Gasteiger partial charge in [0.2, 0.25) is 0 Å². The van der Waals surface area contributed by atoms with Gasteiger partial charge < -0.3 is 15.0 Å². The molecule has 1 saturated heterocycles. The largest absolute Gasteiger partial charge is 0.445 e. The van der Waals surface area contributed by atoms with Gasteiger partial charge in [0.15, 0.2) is 6.10 Å². The van der Waals surface area contributed by atoms with E-state index < -0.39 is 23.9 Å². The Kier molecular flexibility index (Phi) is 6.36. The van der Waals surface area contributed by atoms with E-state index in [-0.39, 0.29) is 0 Å². The van der Waals surface area contributed by atoms with Gasteiger partial charge in [-0.05, 0) is 49.9 Å². The van der Waals surface area contributed by atoms with Crippen LogP contribution < -0.4 is 5.32 Å². The summed E-state index contributed by atoms with van der Waals surface area (Å²) in [7, 11) is 0. The number of nitrogens with zero attached hydrogens (tertiary/aromatic N) is 1. The van der Waals surface area contributed by atoms with E-state index in [2.05, 4.69) is 21.2 Å². The van der Waals surface area contributed by atoms with E-state index in [0.717, 1.165) is 17.3 Å². The van der Waals surface area contributed by atoms with Crippen LogP contribution in [0.5, 0.6) is 0 Å². The Morgan fingerprint density at radius 2 is 1.96 bits per heavy atom. The minimum atomic E-state index is -1.05. The van der Waals surface area contributed by atoms with Gasteiger partial charge in [0.1, 0.15) is 0 Å². The van der Waals surface area contributed by atoms with E-state index in [1.54, 1.807) is 24.3 Å². The number of carbonyl (C=O) groups is 3. The summed E-state index contributed by atoms with van der Waals surface area (Å²) < 4.78 is 5.90. The predicted molar refractivity (Wildman–Crippen MR) is 93.3 cm³/mol. The van der Waals surface area contributed by atoms with Gasteiger partial charge in [0, 0.05) is 23.2 Å². The lowest BCUT2D eigenvalue weighted by atomic mass is 10.0. The maximum atomic E-state index is 12.1. The second kappa shape index (κ2) is 8.28. The molecule has 1 fully saturated rings. The first-order chi connectivity index (χ1) is 11.4. The number of rotatable bonds is 3. The number of ether oxygens (including phenoxy) is 1. The molecule has 1 aromatic rings. The molecule has 7 heteroatoms. The van der Waals surface area contributed by atoms with Crippen molar-refractivity contribution < 1.29 is 19.1 Å². The van der Waals surface area contributed by atoms with E-state index in [1.807, 2.05) is 6.92 Å². The summed E-state index contributed by atoms with van der Waals surface area (Å²) in [6.45, 7) is 4.59. The Balaban J connectivity index is 1.86. The summed E-state index contributed by atoms with van der Waals surface area (Å²) in [6.07, 6.45) is 0.872. The molecule has 0 aromatic heterocycles. The molecule has 24 heavy (non-hydrogen) atoms. The van der Waals surface area contributed by atoms with Gasteiger partial charge in [-0.3, -0.25) is 9.59 Å². The minimum Gasteiger partial charge on any atom is -0.445 e. The van der Waals surface area contributed by atoms with Crippen molar-refractivity contribution in [2.75, 3.05) is 18.4 Å². The second-order valence-electron chi connectivity index (χ2n) is 6.04. The molecule has 2 amide bonds. The number of nitrogens with one attached hydrogen (secondary N) is 1. The lowest BCUT2D eigenvalue weighted by Crippen LogP contribution is -2.45. The van der Waals surface area contributed by atoms with Crippen LogP contribution in [0, 0.1) is 5.92 Å². The molecule has 1 aliphatic heterocycles. The second-order valence-corrected chi connectivity index (χ2v) is 6.96. The zero-order valence-corrected chi connectivity index (χ0v) is 15.3. The van der Waals surface area contributed by atoms with Crippen LogP contribution in [0.1, 0.15) is 26.7 Å². The van der Waals surface area contributed by atoms with Gasteiger partial charge in [-0.1, -0.05) is 22.9 Å². The monoisotopic (exact) mass is 396 g/mol. The standard InChI is InChI=1S/C17H21BrN2O4/c1-11-4-3-9-20(10-11)16(22)17(23)24-12(2)15(21)19-14-7-5-13(18)6-8-14/h5-8,11-12H,3-4,9-10H2,1-2H3,(H,19,21)/t11-,12-/m0/s1. The van der Waals surface area contributed by atoms with Crippen molar-refractivity contribution >= 4 is 39.4 Å². The van der Waals surface area contributed by atoms with Crippen molar-refractivity contribution in [3.8, 4) is 0 Å². The van der Waals surface area contributed by atoms with Crippen molar-refractivity contribution in [2.24, 2.45) is 5.92 Å². The van der Waals surface area contributed by atoms with Crippen molar-refractivity contribution in [3.63, 3.8) is 0 Å². The van der Waals surface area contributed by atoms with Gasteiger partial charge in [-0.15, -0.1) is 0 Å². The zero-order valence-electron chi connectivity index (χ0n) is 13.8. The minimum absolute atomic E-state index is 0.369. The molecule has 0 saturated carbocycles. The molecule has 1 aromatic carbocycles. The fraction of sp³-hybridized carbons (Fsp3) is 0.471. The third-order valence-corrected chi connectivity index (χ3v) is 4.41. The van der Waals surface area contributed by atoms with E-state index in [0.29, 0.717) is 24.7 Å². The molecule has 1 N–H and O–H groups in total. The predicted octanol–water partition coefficient (Wildman–Crippen LogP) is 2.58. The molecule has 130 valence electrons. The first-order valence-corrected chi connectivity index (χ1v) is 8.72. The highest BCUT2D eigenvalue weighted by Crippen LogP contribution is 2.16. The van der Waals surface area contributed by atoms with E-state index in [1.165, 1.54) is 11.8 Å². The van der Waals surface area contributed by atoms with Crippen molar-refractivity contribution in [2.45, 2.75) is 32.8 Å². The first kappa shape index (κ1) is 18.4. The summed E-state index contributed by atoms with van der Waals surface area (Å²) in [5, 5.41) is 2.64. The van der Waals surface area contributed by atoms with Gasteiger partial charge in [-0.25, -0.2) is 4.79 Å². The average molecular weight is 397 g/mol. The average Bonchev–Trinajstić information content (AvgIpc) is 2.56. The molecule has 2 rings (SSSR count). The van der Waals surface area contributed by atoms with Crippen LogP contribution in [0.25, 0.3) is 0 Å². The third-order valence-electron chi connectivity index (χ3n) is 3.88. The summed E-state index contributed by atoms with van der Waals surface area (Å²) >= 11 is 3.31. The highest BCUT2D eigenvalue weighted by Gasteiger charge is 2.29. The summed E-state index contributed by atoms with van der Waals surface area (Å²) in [6, 6.07) is 7.01. The number of hydrogen-bond acceptors (Lipinski definition) is 4. The molecule has 2 atom stereocenters. The molecule has 0 bridgehead atoms. The van der Waals surface area contributed by atoms with Crippen LogP contribution in [0.3, 0.4) is 0 Å². The molecule has 0 aliphatic carbocycles. The van der Waals surface area contributed by atoms with Gasteiger partial charge in [0.25, 0.3) is 5.91 Å². The number of likely N-dealkylation sites (tertiary alicyclic amines) is 1. The maximum Gasteiger partial charge on any atom is 0.397 e. The normalized spacial score (nSPS) is 18.6. The van der Waals surface area contributed by atoms with E-state index in [9.17, 15) is 14.4 Å². The molecular formula is C17H21BrN2O4. The van der Waals surface area contributed by atoms with Crippen molar-refractivity contribution in [1.29, 1.82) is 0 Å². The van der Waals surface area contributed by atoms with Crippen LogP contribution in [0.2, 0.25) is 0 Å². The van der Waals surface area contributed by atoms with Crippen molar-refractivity contribution in [3.05, 3.63) is 28.7 Å². The third kappa shape index (κ3) is 5.06. The Morgan fingerprint density at radius 1 is 1.29 bits per heavy atom. The van der Waals surface area contributed by atoms with Crippen molar-refractivity contribution in [1.82, 2.24) is 4.90 Å². The molecule has 0 spiro atoms. The van der Waals surface area contributed by atoms with Crippen LogP contribution >= 0.6 is 15.9 Å². The van der Waals surface area contributed by atoms with E-state index in [4.69, 9.17) is 4.74 Å². The van der Waals surface area contributed by atoms with E-state index >= 15 is 0 Å². The smallest absolute Gasteiger partial charge is 0.397 e. The number of piperidine rings is 1. The lowest BCUT2D eigenvalue weighted by molar-refractivity contribution is -0.165. The number of halogens is 1. The first-order valence-electron chi connectivity index (χ1n) is 7.93. The Bertz CT molecular complexity index is 618. The summed E-state index contributed by atoms with van der Waals surface area (Å²) in [5.74, 6) is -1.77. The Morgan fingerprint density at radius 3 is 2.58 bits per heavy atom. The number of benzene rings is 1. The highest BCUT2D eigenvalue weighted by molar-refractivity contribution is 9.10. The lowest BCUT2D eigenvalue weighted by Gasteiger charge is -2.30. The number of amides is 2. The fourth-order valence-corrected chi connectivity index (χ4v) is 2.81. The Labute approximate surface area is 149 Å². The number of anilines is 1. The van der Waals surface area contributed by atoms with Crippen LogP contribution in [0.4, 0.5) is 5.69 Å². The zero-order chi connectivity index (χ0) is 17.7. The topological polar surface area (TPSA) is 75.7 Å². The van der Waals surface area contributed by atoms with Gasteiger partial charge in [0.05, 0.1) is 0 Å². The molecule has 0 radical (unpaired) electrons. The van der Waals surface area contributed by atoms with Crippen LogP contribution in [-0.4, -0.2) is 41.9 Å². The van der Waals surface area contributed by atoms with Gasteiger partial charge >= 0.3 is 11.9 Å². The number of hydrogen-bond donors (Lipinski definition) is 1. The number of carbonyl (C=O) groups excluding carboxylic acids is 3. The molecular weight excluding hydrogens is 376 g/mol. The molecule has 1 aliphatic rings. The van der Waals surface area contributed by atoms with Gasteiger partial charge in [-0.2, -0.15) is 0 Å². The van der Waals surface area contributed by atoms with Crippen LogP contribution in [-0.2, 0) is 19.1 Å². The molecule has 6 nitrogen and oxygen atoms in total. The van der Waals surface area contributed by atoms with Crippen LogP contribution in [0.15, 0.2) is 28.7 Å². The molecule has 1 heterocycles. The number of esters is 1. The quantitative estimate of drug-likeness (QED) is 0.629. The fourth-order valence-electron chi connectivity index (χ4n) is 2.54. The molecule has 0 unspecified atom stereocenters.